The van der Waals surface area contributed by atoms with E-state index >= 15 is 0 Å². The maximum Gasteiger partial charge on any atom is 0.310 e. The number of hydrogen-bond acceptors (Lipinski definition) is 5. The number of methoxy groups -OCH3 is 3. The van der Waals surface area contributed by atoms with E-state index in [9.17, 15) is 4.79 Å². The van der Waals surface area contributed by atoms with Crippen LogP contribution >= 0.6 is 11.6 Å². The molecule has 0 radical (unpaired) electrons. The predicted molar refractivity (Wildman–Crippen MR) is 95.8 cm³/mol. The molecule has 0 heterocycles. The predicted octanol–water partition coefficient (Wildman–Crippen LogP) is 4.21. The molecule has 0 bridgehead atoms. The van der Waals surface area contributed by atoms with Crippen molar-refractivity contribution in [2.45, 2.75) is 19.4 Å². The number of rotatable bonds is 7. The van der Waals surface area contributed by atoms with Crippen molar-refractivity contribution in [2.24, 2.45) is 0 Å². The fraction of sp³-hybridized carbons (Fsp3) is 0.316. The monoisotopic (exact) mass is 364 g/mol. The summed E-state index contributed by atoms with van der Waals surface area (Å²) < 4.78 is 21.3. The lowest BCUT2D eigenvalue weighted by Gasteiger charge is -2.16. The maximum atomic E-state index is 12.3. The van der Waals surface area contributed by atoms with Crippen LogP contribution in [0.2, 0.25) is 5.02 Å². The first-order valence-corrected chi connectivity index (χ1v) is 8.10. The Hall–Kier alpha value is -2.40. The molecule has 0 aliphatic rings. The van der Waals surface area contributed by atoms with Gasteiger partial charge in [0.05, 0.1) is 27.8 Å². The van der Waals surface area contributed by atoms with E-state index in [1.807, 2.05) is 19.1 Å². The Kier molecular flexibility index (Phi) is 6.53. The van der Waals surface area contributed by atoms with Gasteiger partial charge in [0.1, 0.15) is 6.10 Å². The van der Waals surface area contributed by atoms with Crippen LogP contribution in [0.4, 0.5) is 0 Å². The van der Waals surface area contributed by atoms with Crippen LogP contribution in [0, 0.1) is 0 Å². The SMILES string of the molecule is COc1cc(CC(=O)O[C@H](C)c2ccc(Cl)cc2)cc(OC)c1OC. The zero-order valence-electron chi connectivity index (χ0n) is 14.7. The Morgan fingerprint density at radius 1 is 1.00 bits per heavy atom. The van der Waals surface area contributed by atoms with Crippen molar-refractivity contribution in [3.05, 3.63) is 52.5 Å². The quantitative estimate of drug-likeness (QED) is 0.689. The highest BCUT2D eigenvalue weighted by molar-refractivity contribution is 6.30. The van der Waals surface area contributed by atoms with Gasteiger partial charge in [-0.25, -0.2) is 0 Å². The molecule has 6 heteroatoms. The standard InChI is InChI=1S/C19H21ClO5/c1-12(14-5-7-15(20)8-6-14)25-18(21)11-13-9-16(22-2)19(24-4)17(10-13)23-3/h5-10,12H,11H2,1-4H3/t12-/m1/s1. The molecule has 0 unspecified atom stereocenters. The van der Waals surface area contributed by atoms with Gasteiger partial charge in [-0.3, -0.25) is 4.79 Å². The molecule has 0 saturated carbocycles. The van der Waals surface area contributed by atoms with Gasteiger partial charge in [-0.15, -0.1) is 0 Å². The molecule has 0 fully saturated rings. The minimum atomic E-state index is -0.369. The number of ether oxygens (including phenoxy) is 4. The lowest BCUT2D eigenvalue weighted by atomic mass is 10.1. The first kappa shape index (κ1) is 18.9. The molecule has 5 nitrogen and oxygen atoms in total. The van der Waals surface area contributed by atoms with E-state index in [-0.39, 0.29) is 18.5 Å². The van der Waals surface area contributed by atoms with Crippen molar-refractivity contribution < 1.29 is 23.7 Å². The zero-order chi connectivity index (χ0) is 18.4. The van der Waals surface area contributed by atoms with Gasteiger partial charge in [0, 0.05) is 5.02 Å². The van der Waals surface area contributed by atoms with Crippen molar-refractivity contribution in [1.82, 2.24) is 0 Å². The fourth-order valence-corrected chi connectivity index (χ4v) is 2.57. The summed E-state index contributed by atoms with van der Waals surface area (Å²) in [6.07, 6.45) is -0.277. The molecular formula is C19H21ClO5. The third-order valence-corrected chi connectivity index (χ3v) is 3.97. The van der Waals surface area contributed by atoms with Gasteiger partial charge in [0.25, 0.3) is 0 Å². The second kappa shape index (κ2) is 8.62. The second-order valence-electron chi connectivity index (χ2n) is 5.39. The molecule has 0 spiro atoms. The summed E-state index contributed by atoms with van der Waals surface area (Å²) in [5.41, 5.74) is 1.59. The Balaban J connectivity index is 2.10. The van der Waals surface area contributed by atoms with E-state index in [1.54, 1.807) is 24.3 Å². The van der Waals surface area contributed by atoms with Gasteiger partial charge < -0.3 is 18.9 Å². The summed E-state index contributed by atoms with van der Waals surface area (Å²) in [5, 5.41) is 0.639. The molecule has 0 aliphatic carbocycles. The Morgan fingerprint density at radius 3 is 2.04 bits per heavy atom. The van der Waals surface area contributed by atoms with Crippen LogP contribution in [0.1, 0.15) is 24.2 Å². The molecule has 25 heavy (non-hydrogen) atoms. The van der Waals surface area contributed by atoms with E-state index in [0.29, 0.717) is 27.8 Å². The average Bonchev–Trinajstić information content (AvgIpc) is 2.61. The summed E-state index contributed by atoms with van der Waals surface area (Å²) in [5.74, 6) is 1.12. The van der Waals surface area contributed by atoms with Gasteiger partial charge >= 0.3 is 5.97 Å². The maximum absolute atomic E-state index is 12.3. The summed E-state index contributed by atoms with van der Waals surface area (Å²) >= 11 is 5.87. The van der Waals surface area contributed by atoms with E-state index in [4.69, 9.17) is 30.5 Å². The van der Waals surface area contributed by atoms with Gasteiger partial charge in [0.2, 0.25) is 5.75 Å². The highest BCUT2D eigenvalue weighted by Gasteiger charge is 2.17. The summed E-state index contributed by atoms with van der Waals surface area (Å²) in [6.45, 7) is 1.82. The van der Waals surface area contributed by atoms with Crippen LogP contribution in [0.25, 0.3) is 0 Å². The smallest absolute Gasteiger partial charge is 0.310 e. The lowest BCUT2D eigenvalue weighted by molar-refractivity contribution is -0.147. The van der Waals surface area contributed by atoms with Crippen LogP contribution in [-0.2, 0) is 16.0 Å². The van der Waals surface area contributed by atoms with Crippen molar-refractivity contribution in [1.29, 1.82) is 0 Å². The molecule has 2 rings (SSSR count). The summed E-state index contributed by atoms with van der Waals surface area (Å²) in [7, 11) is 4.59. The van der Waals surface area contributed by atoms with Crippen LogP contribution in [0.3, 0.4) is 0 Å². The molecule has 0 aromatic heterocycles. The largest absolute Gasteiger partial charge is 0.493 e. The number of halogens is 1. The van der Waals surface area contributed by atoms with Crippen LogP contribution < -0.4 is 14.2 Å². The number of carbonyl (C=O) groups excluding carboxylic acids is 1. The molecule has 2 aromatic carbocycles. The molecule has 0 amide bonds. The van der Waals surface area contributed by atoms with Gasteiger partial charge in [-0.2, -0.15) is 0 Å². The minimum Gasteiger partial charge on any atom is -0.493 e. The normalized spacial score (nSPS) is 11.6. The van der Waals surface area contributed by atoms with E-state index in [1.165, 1.54) is 21.3 Å². The van der Waals surface area contributed by atoms with Crippen molar-refractivity contribution in [2.75, 3.05) is 21.3 Å². The molecule has 1 atom stereocenters. The molecule has 2 aromatic rings. The number of carbonyl (C=O) groups is 1. The summed E-state index contributed by atoms with van der Waals surface area (Å²) in [4.78, 5) is 12.3. The van der Waals surface area contributed by atoms with Crippen molar-refractivity contribution in [3.8, 4) is 17.2 Å². The summed E-state index contributed by atoms with van der Waals surface area (Å²) in [6, 6.07) is 10.7. The molecule has 0 saturated heterocycles. The first-order chi connectivity index (χ1) is 12.0. The third-order valence-electron chi connectivity index (χ3n) is 3.72. The average molecular weight is 365 g/mol. The highest BCUT2D eigenvalue weighted by atomic mass is 35.5. The Bertz CT molecular complexity index is 702. The second-order valence-corrected chi connectivity index (χ2v) is 5.83. The molecule has 0 aliphatic heterocycles. The first-order valence-electron chi connectivity index (χ1n) is 7.72. The van der Waals surface area contributed by atoms with Crippen molar-refractivity contribution in [3.63, 3.8) is 0 Å². The number of hydrogen-bond donors (Lipinski definition) is 0. The number of esters is 1. The van der Waals surface area contributed by atoms with Crippen LogP contribution in [0.15, 0.2) is 36.4 Å². The highest BCUT2D eigenvalue weighted by Crippen LogP contribution is 2.38. The third kappa shape index (κ3) is 4.79. The zero-order valence-corrected chi connectivity index (χ0v) is 15.4. The van der Waals surface area contributed by atoms with Gasteiger partial charge in [-0.05, 0) is 42.3 Å². The van der Waals surface area contributed by atoms with Gasteiger partial charge in [0.15, 0.2) is 11.5 Å². The molecule has 134 valence electrons. The van der Waals surface area contributed by atoms with Crippen molar-refractivity contribution >= 4 is 17.6 Å². The van der Waals surface area contributed by atoms with E-state index < -0.39 is 0 Å². The van der Waals surface area contributed by atoms with E-state index in [2.05, 4.69) is 0 Å². The fourth-order valence-electron chi connectivity index (χ4n) is 2.44. The molecule has 0 N–H and O–H groups in total. The minimum absolute atomic E-state index is 0.0919. The lowest BCUT2D eigenvalue weighted by Crippen LogP contribution is -2.11. The topological polar surface area (TPSA) is 54.0 Å². The Morgan fingerprint density at radius 2 is 1.56 bits per heavy atom. The molecular weight excluding hydrogens is 344 g/mol. The Labute approximate surface area is 152 Å². The van der Waals surface area contributed by atoms with Crippen LogP contribution in [0.5, 0.6) is 17.2 Å². The van der Waals surface area contributed by atoms with Crippen LogP contribution in [-0.4, -0.2) is 27.3 Å². The van der Waals surface area contributed by atoms with E-state index in [0.717, 1.165) is 5.56 Å². The van der Waals surface area contributed by atoms with Gasteiger partial charge in [-0.1, -0.05) is 23.7 Å². The number of benzene rings is 2.